The third-order valence-corrected chi connectivity index (χ3v) is 3.94. The lowest BCUT2D eigenvalue weighted by molar-refractivity contribution is 0.218. The Labute approximate surface area is 103 Å². The van der Waals surface area contributed by atoms with E-state index in [1.54, 1.807) is 22.7 Å². The second kappa shape index (κ2) is 5.54. The van der Waals surface area contributed by atoms with Crippen molar-refractivity contribution >= 4 is 22.7 Å². The molecule has 0 aliphatic heterocycles. The van der Waals surface area contributed by atoms with Gasteiger partial charge in [-0.2, -0.15) is 11.3 Å². The van der Waals surface area contributed by atoms with Crippen molar-refractivity contribution in [1.29, 1.82) is 0 Å². The van der Waals surface area contributed by atoms with Gasteiger partial charge in [-0.25, -0.2) is 4.98 Å². The Hall–Kier alpha value is -0.750. The third-order valence-electron chi connectivity index (χ3n) is 2.23. The average molecular weight is 254 g/mol. The van der Waals surface area contributed by atoms with Gasteiger partial charge in [-0.3, -0.25) is 4.90 Å². The second-order valence-electron chi connectivity index (χ2n) is 3.61. The molecule has 0 radical (unpaired) electrons. The van der Waals surface area contributed by atoms with Gasteiger partial charge in [0, 0.05) is 35.1 Å². The molecule has 2 aromatic heterocycles. The lowest BCUT2D eigenvalue weighted by Gasteiger charge is -2.12. The number of thiazole rings is 1. The minimum Gasteiger partial charge on any atom is -0.395 e. The molecule has 0 aliphatic rings. The van der Waals surface area contributed by atoms with Crippen LogP contribution in [-0.4, -0.2) is 35.2 Å². The molecule has 2 rings (SSSR count). The van der Waals surface area contributed by atoms with Crippen LogP contribution >= 0.6 is 22.7 Å². The first-order chi connectivity index (χ1) is 7.79. The number of rotatable bonds is 5. The quantitative estimate of drug-likeness (QED) is 0.889. The molecule has 0 spiro atoms. The van der Waals surface area contributed by atoms with Gasteiger partial charge in [0.25, 0.3) is 0 Å². The van der Waals surface area contributed by atoms with Crippen LogP contribution in [0, 0.1) is 0 Å². The summed E-state index contributed by atoms with van der Waals surface area (Å²) in [6.07, 6.45) is 1.92. The first kappa shape index (κ1) is 11.7. The van der Waals surface area contributed by atoms with Gasteiger partial charge in [-0.1, -0.05) is 0 Å². The molecule has 16 heavy (non-hydrogen) atoms. The second-order valence-corrected chi connectivity index (χ2v) is 5.50. The van der Waals surface area contributed by atoms with Crippen molar-refractivity contribution in [2.45, 2.75) is 6.54 Å². The minimum atomic E-state index is 0.201. The molecule has 0 aromatic carbocycles. The van der Waals surface area contributed by atoms with Gasteiger partial charge in [0.05, 0.1) is 6.61 Å². The summed E-state index contributed by atoms with van der Waals surface area (Å²) in [7, 11) is 2.00. The summed E-state index contributed by atoms with van der Waals surface area (Å²) in [5.74, 6) is 0. The SMILES string of the molecule is CN(CCO)Cc1cnc(-c2ccsc2)s1. The zero-order valence-corrected chi connectivity index (χ0v) is 10.7. The highest BCUT2D eigenvalue weighted by Gasteiger charge is 2.06. The van der Waals surface area contributed by atoms with Crippen molar-refractivity contribution in [2.75, 3.05) is 20.2 Å². The Bertz CT molecular complexity index is 425. The van der Waals surface area contributed by atoms with Gasteiger partial charge >= 0.3 is 0 Å². The molecule has 0 aliphatic carbocycles. The predicted octanol–water partition coefficient (Wildman–Crippen LogP) is 2.30. The van der Waals surface area contributed by atoms with E-state index in [9.17, 15) is 0 Å². The number of aromatic nitrogens is 1. The summed E-state index contributed by atoms with van der Waals surface area (Å²) in [5, 5.41) is 14.1. The Kier molecular flexibility index (Phi) is 4.06. The molecular weight excluding hydrogens is 240 g/mol. The number of likely N-dealkylation sites (N-methyl/N-ethyl adjacent to an activating group) is 1. The molecule has 0 amide bonds. The number of aliphatic hydroxyl groups is 1. The Morgan fingerprint density at radius 3 is 3.06 bits per heavy atom. The summed E-state index contributed by atoms with van der Waals surface area (Å²) in [6, 6.07) is 2.09. The van der Waals surface area contributed by atoms with Gasteiger partial charge < -0.3 is 5.11 Å². The van der Waals surface area contributed by atoms with Crippen LogP contribution in [0.4, 0.5) is 0 Å². The zero-order chi connectivity index (χ0) is 11.4. The fourth-order valence-corrected chi connectivity index (χ4v) is 3.12. The lowest BCUT2D eigenvalue weighted by Crippen LogP contribution is -2.20. The maximum Gasteiger partial charge on any atom is 0.124 e. The Morgan fingerprint density at radius 2 is 2.38 bits per heavy atom. The van der Waals surface area contributed by atoms with Crippen LogP contribution in [0.1, 0.15) is 4.88 Å². The third kappa shape index (κ3) is 2.89. The van der Waals surface area contributed by atoms with Crippen molar-refractivity contribution in [3.05, 3.63) is 27.9 Å². The van der Waals surface area contributed by atoms with Crippen molar-refractivity contribution in [3.63, 3.8) is 0 Å². The smallest absolute Gasteiger partial charge is 0.124 e. The fourth-order valence-electron chi connectivity index (χ4n) is 1.42. The van der Waals surface area contributed by atoms with Gasteiger partial charge in [0.1, 0.15) is 5.01 Å². The summed E-state index contributed by atoms with van der Waals surface area (Å²) in [5.41, 5.74) is 1.20. The fraction of sp³-hybridized carbons (Fsp3) is 0.364. The molecule has 1 N–H and O–H groups in total. The van der Waals surface area contributed by atoms with Crippen LogP contribution in [0.5, 0.6) is 0 Å². The molecule has 86 valence electrons. The number of hydrogen-bond acceptors (Lipinski definition) is 5. The largest absolute Gasteiger partial charge is 0.395 e. The molecule has 0 saturated carbocycles. The first-order valence-corrected chi connectivity index (χ1v) is 6.82. The van der Waals surface area contributed by atoms with E-state index >= 15 is 0 Å². The van der Waals surface area contributed by atoms with E-state index in [0.29, 0.717) is 6.54 Å². The topological polar surface area (TPSA) is 36.4 Å². The van der Waals surface area contributed by atoms with Crippen molar-refractivity contribution in [2.24, 2.45) is 0 Å². The Balaban J connectivity index is 2.03. The molecule has 3 nitrogen and oxygen atoms in total. The number of thiophene rings is 1. The van der Waals surface area contributed by atoms with E-state index in [4.69, 9.17) is 5.11 Å². The van der Waals surface area contributed by atoms with E-state index in [-0.39, 0.29) is 6.61 Å². The predicted molar refractivity (Wildman–Crippen MR) is 68.8 cm³/mol. The maximum atomic E-state index is 8.82. The van der Waals surface area contributed by atoms with Crippen LogP contribution < -0.4 is 0 Å². The van der Waals surface area contributed by atoms with Crippen molar-refractivity contribution < 1.29 is 5.11 Å². The van der Waals surface area contributed by atoms with Gasteiger partial charge in [-0.05, 0) is 18.5 Å². The highest BCUT2D eigenvalue weighted by atomic mass is 32.1. The van der Waals surface area contributed by atoms with E-state index in [1.807, 2.05) is 13.2 Å². The first-order valence-electron chi connectivity index (χ1n) is 5.06. The normalized spacial score (nSPS) is 11.2. The van der Waals surface area contributed by atoms with Gasteiger partial charge in [-0.15, -0.1) is 11.3 Å². The minimum absolute atomic E-state index is 0.201. The monoisotopic (exact) mass is 254 g/mol. The van der Waals surface area contributed by atoms with Crippen LogP contribution in [-0.2, 0) is 6.54 Å². The zero-order valence-electron chi connectivity index (χ0n) is 9.09. The van der Waals surface area contributed by atoms with Gasteiger partial charge in [0.2, 0.25) is 0 Å². The maximum absolute atomic E-state index is 8.82. The van der Waals surface area contributed by atoms with Crippen LogP contribution in [0.25, 0.3) is 10.6 Å². The van der Waals surface area contributed by atoms with E-state index in [2.05, 4.69) is 26.7 Å². The van der Waals surface area contributed by atoms with E-state index in [0.717, 1.165) is 11.6 Å². The standard InChI is InChI=1S/C11H14N2OS2/c1-13(3-4-14)7-10-6-12-11(16-10)9-2-5-15-8-9/h2,5-6,8,14H,3-4,7H2,1H3. The summed E-state index contributed by atoms with van der Waals surface area (Å²) in [6.45, 7) is 1.75. The highest BCUT2D eigenvalue weighted by molar-refractivity contribution is 7.15. The van der Waals surface area contributed by atoms with Crippen LogP contribution in [0.15, 0.2) is 23.0 Å². The summed E-state index contributed by atoms with van der Waals surface area (Å²) < 4.78 is 0. The molecule has 0 bridgehead atoms. The molecule has 0 fully saturated rings. The van der Waals surface area contributed by atoms with Crippen LogP contribution in [0.3, 0.4) is 0 Å². The van der Waals surface area contributed by atoms with E-state index in [1.165, 1.54) is 10.4 Å². The van der Waals surface area contributed by atoms with E-state index < -0.39 is 0 Å². The average Bonchev–Trinajstić information content (AvgIpc) is 2.86. The number of aliphatic hydroxyl groups excluding tert-OH is 1. The number of nitrogens with zero attached hydrogens (tertiary/aromatic N) is 2. The van der Waals surface area contributed by atoms with Crippen molar-refractivity contribution in [1.82, 2.24) is 9.88 Å². The molecule has 2 aromatic rings. The molecule has 5 heteroatoms. The number of hydrogen-bond donors (Lipinski definition) is 1. The Morgan fingerprint density at radius 1 is 1.50 bits per heavy atom. The highest BCUT2D eigenvalue weighted by Crippen LogP contribution is 2.27. The molecular formula is C11H14N2OS2. The summed E-state index contributed by atoms with van der Waals surface area (Å²) >= 11 is 3.41. The molecule has 0 unspecified atom stereocenters. The van der Waals surface area contributed by atoms with Gasteiger partial charge in [0.15, 0.2) is 0 Å². The van der Waals surface area contributed by atoms with Crippen LogP contribution in [0.2, 0.25) is 0 Å². The lowest BCUT2D eigenvalue weighted by atomic mass is 10.4. The molecule has 2 heterocycles. The molecule has 0 saturated heterocycles. The summed E-state index contributed by atoms with van der Waals surface area (Å²) in [4.78, 5) is 7.73. The van der Waals surface area contributed by atoms with Crippen molar-refractivity contribution in [3.8, 4) is 10.6 Å². The molecule has 0 atom stereocenters.